The predicted octanol–water partition coefficient (Wildman–Crippen LogP) is 2.35. The molecule has 0 spiro atoms. The molecule has 4 nitrogen and oxygen atoms in total. The van der Waals surface area contributed by atoms with E-state index in [9.17, 15) is 0 Å². The van der Waals surface area contributed by atoms with Gasteiger partial charge in [-0.3, -0.25) is 0 Å². The van der Waals surface area contributed by atoms with Gasteiger partial charge in [0.25, 0.3) is 0 Å². The minimum atomic E-state index is 0.485. The van der Waals surface area contributed by atoms with Crippen LogP contribution in [0.1, 0.15) is 45.2 Å². The summed E-state index contributed by atoms with van der Waals surface area (Å²) in [6, 6.07) is 5.47. The first kappa shape index (κ1) is 12.9. The van der Waals surface area contributed by atoms with E-state index in [0.717, 1.165) is 30.0 Å². The molecule has 0 amide bonds. The summed E-state index contributed by atoms with van der Waals surface area (Å²) in [5, 5.41) is 12.2. The first-order valence-electron chi connectivity index (χ1n) is 7.55. The minimum Gasteiger partial charge on any atom is -0.352 e. The molecule has 0 aromatic carbocycles. The summed E-state index contributed by atoms with van der Waals surface area (Å²) in [4.78, 5) is 2.48. The van der Waals surface area contributed by atoms with E-state index >= 15 is 0 Å². The van der Waals surface area contributed by atoms with E-state index in [4.69, 9.17) is 0 Å². The quantitative estimate of drug-likeness (QED) is 0.817. The lowest BCUT2D eigenvalue weighted by molar-refractivity contribution is 0.576. The SMILES string of the molecule is CC(C)NCc1ccc(N(CC2CC2)C2CC2)nn1. The molecule has 2 fully saturated rings. The normalized spacial score (nSPS) is 18.9. The third-order valence-electron chi connectivity index (χ3n) is 3.83. The van der Waals surface area contributed by atoms with Gasteiger partial charge in [0.2, 0.25) is 0 Å². The minimum absolute atomic E-state index is 0.485. The van der Waals surface area contributed by atoms with Crippen LogP contribution in [0.5, 0.6) is 0 Å². The number of rotatable bonds is 7. The molecule has 1 aromatic heterocycles. The van der Waals surface area contributed by atoms with E-state index < -0.39 is 0 Å². The first-order chi connectivity index (χ1) is 9.22. The maximum Gasteiger partial charge on any atom is 0.151 e. The highest BCUT2D eigenvalue weighted by molar-refractivity contribution is 5.41. The molecule has 1 heterocycles. The lowest BCUT2D eigenvalue weighted by atomic mass is 10.3. The molecule has 0 radical (unpaired) electrons. The van der Waals surface area contributed by atoms with Crippen LogP contribution in [-0.4, -0.2) is 28.8 Å². The van der Waals surface area contributed by atoms with Crippen molar-refractivity contribution in [2.24, 2.45) is 5.92 Å². The third-order valence-corrected chi connectivity index (χ3v) is 3.83. The smallest absolute Gasteiger partial charge is 0.151 e. The van der Waals surface area contributed by atoms with Crippen LogP contribution in [0, 0.1) is 5.92 Å². The average molecular weight is 260 g/mol. The number of nitrogens with zero attached hydrogens (tertiary/aromatic N) is 3. The molecule has 2 aliphatic carbocycles. The molecule has 1 aromatic rings. The van der Waals surface area contributed by atoms with Crippen molar-refractivity contribution in [2.75, 3.05) is 11.4 Å². The predicted molar refractivity (Wildman–Crippen MR) is 77.1 cm³/mol. The Kier molecular flexibility index (Phi) is 3.69. The van der Waals surface area contributed by atoms with Gasteiger partial charge in [0.15, 0.2) is 5.82 Å². The summed E-state index contributed by atoms with van der Waals surface area (Å²) < 4.78 is 0. The molecule has 0 aliphatic heterocycles. The van der Waals surface area contributed by atoms with Gasteiger partial charge in [0.05, 0.1) is 5.69 Å². The van der Waals surface area contributed by atoms with E-state index in [0.29, 0.717) is 6.04 Å². The van der Waals surface area contributed by atoms with Gasteiger partial charge in [-0.05, 0) is 43.7 Å². The van der Waals surface area contributed by atoms with Crippen molar-refractivity contribution < 1.29 is 0 Å². The summed E-state index contributed by atoms with van der Waals surface area (Å²) in [7, 11) is 0. The Labute approximate surface area is 115 Å². The Bertz CT molecular complexity index is 407. The Morgan fingerprint density at radius 1 is 1.21 bits per heavy atom. The average Bonchev–Trinajstić information content (AvgIpc) is 3.27. The van der Waals surface area contributed by atoms with Crippen molar-refractivity contribution in [1.82, 2.24) is 15.5 Å². The second-order valence-electron chi connectivity index (χ2n) is 6.25. The number of anilines is 1. The van der Waals surface area contributed by atoms with Crippen LogP contribution in [0.2, 0.25) is 0 Å². The van der Waals surface area contributed by atoms with Crippen LogP contribution in [0.3, 0.4) is 0 Å². The molecule has 19 heavy (non-hydrogen) atoms. The van der Waals surface area contributed by atoms with Gasteiger partial charge in [-0.1, -0.05) is 13.8 Å². The standard InChI is InChI=1S/C15H24N4/c1-11(2)16-9-13-5-8-15(18-17-13)19(14-6-7-14)10-12-3-4-12/h5,8,11-12,14,16H,3-4,6-7,9-10H2,1-2H3. The molecule has 104 valence electrons. The molecular weight excluding hydrogens is 236 g/mol. The van der Waals surface area contributed by atoms with Crippen LogP contribution in [0.25, 0.3) is 0 Å². The van der Waals surface area contributed by atoms with Gasteiger partial charge in [0.1, 0.15) is 0 Å². The molecule has 1 N–H and O–H groups in total. The highest BCUT2D eigenvalue weighted by Gasteiger charge is 2.34. The maximum absolute atomic E-state index is 4.43. The number of nitrogens with one attached hydrogen (secondary N) is 1. The van der Waals surface area contributed by atoms with Gasteiger partial charge in [-0.25, -0.2) is 0 Å². The fourth-order valence-corrected chi connectivity index (χ4v) is 2.30. The van der Waals surface area contributed by atoms with E-state index in [1.807, 2.05) is 0 Å². The lowest BCUT2D eigenvalue weighted by Gasteiger charge is -2.22. The Morgan fingerprint density at radius 2 is 2.00 bits per heavy atom. The van der Waals surface area contributed by atoms with E-state index in [2.05, 4.69) is 46.4 Å². The zero-order valence-electron chi connectivity index (χ0n) is 12.0. The third kappa shape index (κ3) is 3.66. The number of hydrogen-bond acceptors (Lipinski definition) is 4. The highest BCUT2D eigenvalue weighted by atomic mass is 15.3. The van der Waals surface area contributed by atoms with Gasteiger partial charge in [-0.15, -0.1) is 5.10 Å². The molecule has 2 aliphatic rings. The first-order valence-corrected chi connectivity index (χ1v) is 7.55. The molecule has 4 heteroatoms. The van der Waals surface area contributed by atoms with Crippen LogP contribution in [0.4, 0.5) is 5.82 Å². The fourth-order valence-electron chi connectivity index (χ4n) is 2.30. The summed E-state index contributed by atoms with van der Waals surface area (Å²) >= 11 is 0. The molecule has 3 rings (SSSR count). The number of aromatic nitrogens is 2. The van der Waals surface area contributed by atoms with Gasteiger partial charge >= 0.3 is 0 Å². The summed E-state index contributed by atoms with van der Waals surface area (Å²) in [6.07, 6.45) is 5.44. The van der Waals surface area contributed by atoms with Gasteiger partial charge in [-0.2, -0.15) is 5.10 Å². The molecule has 0 saturated heterocycles. The Hall–Kier alpha value is -1.16. The summed E-state index contributed by atoms with van der Waals surface area (Å²) in [6.45, 7) is 6.28. The van der Waals surface area contributed by atoms with Crippen LogP contribution < -0.4 is 10.2 Å². The summed E-state index contributed by atoms with van der Waals surface area (Å²) in [5.41, 5.74) is 1.03. The van der Waals surface area contributed by atoms with Crippen molar-refractivity contribution in [3.63, 3.8) is 0 Å². The monoisotopic (exact) mass is 260 g/mol. The van der Waals surface area contributed by atoms with Crippen LogP contribution in [-0.2, 0) is 6.54 Å². The molecule has 0 atom stereocenters. The van der Waals surface area contributed by atoms with Crippen molar-refractivity contribution >= 4 is 5.82 Å². The van der Waals surface area contributed by atoms with Crippen LogP contribution in [0.15, 0.2) is 12.1 Å². The van der Waals surface area contributed by atoms with E-state index in [1.54, 1.807) is 0 Å². The summed E-state index contributed by atoms with van der Waals surface area (Å²) in [5.74, 6) is 1.98. The Morgan fingerprint density at radius 3 is 2.53 bits per heavy atom. The highest BCUT2D eigenvalue weighted by Crippen LogP contribution is 2.36. The van der Waals surface area contributed by atoms with Crippen molar-refractivity contribution in [2.45, 2.75) is 58.2 Å². The second-order valence-corrected chi connectivity index (χ2v) is 6.25. The van der Waals surface area contributed by atoms with Crippen LogP contribution >= 0.6 is 0 Å². The van der Waals surface area contributed by atoms with E-state index in [1.165, 1.54) is 32.2 Å². The largest absolute Gasteiger partial charge is 0.352 e. The Balaban J connectivity index is 1.62. The number of hydrogen-bond donors (Lipinski definition) is 1. The zero-order valence-corrected chi connectivity index (χ0v) is 12.0. The van der Waals surface area contributed by atoms with Crippen molar-refractivity contribution in [3.8, 4) is 0 Å². The van der Waals surface area contributed by atoms with Crippen molar-refractivity contribution in [1.29, 1.82) is 0 Å². The molecule has 0 bridgehead atoms. The lowest BCUT2D eigenvalue weighted by Crippen LogP contribution is -2.29. The molecular formula is C15H24N4. The fraction of sp³-hybridized carbons (Fsp3) is 0.733. The maximum atomic E-state index is 4.43. The second kappa shape index (κ2) is 5.45. The topological polar surface area (TPSA) is 41.0 Å². The van der Waals surface area contributed by atoms with E-state index in [-0.39, 0.29) is 0 Å². The molecule has 2 saturated carbocycles. The van der Waals surface area contributed by atoms with Crippen molar-refractivity contribution in [3.05, 3.63) is 17.8 Å². The zero-order chi connectivity index (χ0) is 13.2. The van der Waals surface area contributed by atoms with Gasteiger partial charge in [0, 0.05) is 25.2 Å². The van der Waals surface area contributed by atoms with Gasteiger partial charge < -0.3 is 10.2 Å². The molecule has 0 unspecified atom stereocenters.